The molecule has 3 rings (SSSR count). The monoisotopic (exact) mass is 476 g/mol. The molecule has 0 radical (unpaired) electrons. The van der Waals surface area contributed by atoms with Gasteiger partial charge in [-0.3, -0.25) is 0 Å². The average Bonchev–Trinajstić information content (AvgIpc) is 2.88. The Morgan fingerprint density at radius 2 is 1.09 bits per heavy atom. The maximum atomic E-state index is 6.24. The first-order valence-electron chi connectivity index (χ1n) is 13.9. The molecule has 0 aliphatic carbocycles. The van der Waals surface area contributed by atoms with E-state index in [9.17, 15) is 0 Å². The molecule has 0 unspecified atom stereocenters. The first kappa shape index (κ1) is 26.9. The zero-order valence-corrected chi connectivity index (χ0v) is 21.9. The summed E-state index contributed by atoms with van der Waals surface area (Å²) in [4.78, 5) is 0. The molecule has 0 saturated carbocycles. The van der Waals surface area contributed by atoms with Crippen molar-refractivity contribution in [3.8, 4) is 23.0 Å². The zero-order valence-electron chi connectivity index (χ0n) is 21.9. The van der Waals surface area contributed by atoms with E-state index in [0.29, 0.717) is 6.61 Å². The number of hydrogen-bond donors (Lipinski definition) is 0. The van der Waals surface area contributed by atoms with Gasteiger partial charge in [0.15, 0.2) is 11.5 Å². The summed E-state index contributed by atoms with van der Waals surface area (Å²) in [7, 11) is 0. The normalized spacial score (nSPS) is 11.0. The molecule has 3 nitrogen and oxygen atoms in total. The fourth-order valence-corrected chi connectivity index (χ4v) is 4.27. The van der Waals surface area contributed by atoms with Gasteiger partial charge in [-0.15, -0.1) is 0 Å². The van der Waals surface area contributed by atoms with Crippen LogP contribution in [0.15, 0.2) is 60.7 Å². The third-order valence-electron chi connectivity index (χ3n) is 6.37. The van der Waals surface area contributed by atoms with Crippen LogP contribution in [0, 0.1) is 0 Å². The predicted molar refractivity (Wildman–Crippen MR) is 148 cm³/mol. The highest BCUT2D eigenvalue weighted by Gasteiger charge is 2.10. The van der Waals surface area contributed by atoms with Gasteiger partial charge in [0.2, 0.25) is 0 Å². The van der Waals surface area contributed by atoms with Gasteiger partial charge in [0.1, 0.15) is 11.5 Å². The third kappa shape index (κ3) is 9.84. The molecule has 190 valence electrons. The molecular weight excluding hydrogens is 432 g/mol. The lowest BCUT2D eigenvalue weighted by molar-refractivity contribution is 0.291. The Balaban J connectivity index is 1.63. The van der Waals surface area contributed by atoms with Crippen LogP contribution in [-0.2, 0) is 0 Å². The van der Waals surface area contributed by atoms with Crippen molar-refractivity contribution >= 4 is 10.8 Å². The molecule has 0 N–H and O–H groups in total. The lowest BCUT2D eigenvalue weighted by Gasteiger charge is -2.15. The lowest BCUT2D eigenvalue weighted by atomic mass is 10.1. The van der Waals surface area contributed by atoms with E-state index in [1.165, 1.54) is 64.2 Å². The van der Waals surface area contributed by atoms with Crippen LogP contribution in [0.4, 0.5) is 0 Å². The largest absolute Gasteiger partial charge is 0.494 e. The molecule has 0 bridgehead atoms. The van der Waals surface area contributed by atoms with Crippen LogP contribution >= 0.6 is 0 Å². The molecular formula is C32H44O3. The summed E-state index contributed by atoms with van der Waals surface area (Å²) < 4.78 is 18.5. The SMILES string of the molecule is CCCCCCCCOc1ccc2cc(Oc3ccccc3)c(OCCCCCCCC)cc2c1. The van der Waals surface area contributed by atoms with Gasteiger partial charge in [0.05, 0.1) is 13.2 Å². The molecule has 35 heavy (non-hydrogen) atoms. The van der Waals surface area contributed by atoms with Gasteiger partial charge in [-0.1, -0.05) is 102 Å². The number of unbranched alkanes of at least 4 members (excludes halogenated alkanes) is 10. The predicted octanol–water partition coefficient (Wildman–Crippen LogP) is 10.1. The second kappa shape index (κ2) is 16.1. The molecule has 0 aromatic heterocycles. The van der Waals surface area contributed by atoms with E-state index < -0.39 is 0 Å². The maximum Gasteiger partial charge on any atom is 0.169 e. The van der Waals surface area contributed by atoms with Gasteiger partial charge >= 0.3 is 0 Å². The van der Waals surface area contributed by atoms with Crippen molar-refractivity contribution < 1.29 is 14.2 Å². The van der Waals surface area contributed by atoms with Crippen LogP contribution in [0.5, 0.6) is 23.0 Å². The lowest BCUT2D eigenvalue weighted by Crippen LogP contribution is -2.00. The van der Waals surface area contributed by atoms with Gasteiger partial charge in [0, 0.05) is 0 Å². The van der Waals surface area contributed by atoms with Crippen LogP contribution in [0.1, 0.15) is 90.9 Å². The zero-order chi connectivity index (χ0) is 24.6. The molecule has 3 heteroatoms. The van der Waals surface area contributed by atoms with Gasteiger partial charge < -0.3 is 14.2 Å². The minimum absolute atomic E-state index is 0.705. The fraction of sp³-hybridized carbons (Fsp3) is 0.500. The van der Waals surface area contributed by atoms with Crippen LogP contribution in [0.25, 0.3) is 10.8 Å². The van der Waals surface area contributed by atoms with E-state index in [1.54, 1.807) is 0 Å². The third-order valence-corrected chi connectivity index (χ3v) is 6.37. The summed E-state index contributed by atoms with van der Waals surface area (Å²) in [5.74, 6) is 3.29. The Hall–Kier alpha value is -2.68. The van der Waals surface area contributed by atoms with Crippen molar-refractivity contribution in [3.63, 3.8) is 0 Å². The van der Waals surface area contributed by atoms with E-state index in [2.05, 4.69) is 44.2 Å². The van der Waals surface area contributed by atoms with Crippen LogP contribution in [0.3, 0.4) is 0 Å². The average molecular weight is 477 g/mol. The molecule has 3 aromatic carbocycles. The van der Waals surface area contributed by atoms with Crippen LogP contribution in [0.2, 0.25) is 0 Å². The van der Waals surface area contributed by atoms with E-state index >= 15 is 0 Å². The first-order valence-corrected chi connectivity index (χ1v) is 13.9. The second-order valence-corrected chi connectivity index (χ2v) is 9.46. The van der Waals surface area contributed by atoms with Crippen molar-refractivity contribution in [2.24, 2.45) is 0 Å². The molecule has 0 fully saturated rings. The van der Waals surface area contributed by atoms with E-state index in [-0.39, 0.29) is 0 Å². The Morgan fingerprint density at radius 3 is 1.77 bits per heavy atom. The van der Waals surface area contributed by atoms with Crippen molar-refractivity contribution in [1.29, 1.82) is 0 Å². The number of benzene rings is 3. The second-order valence-electron chi connectivity index (χ2n) is 9.46. The number of para-hydroxylation sites is 1. The topological polar surface area (TPSA) is 27.7 Å². The molecule has 0 spiro atoms. The van der Waals surface area contributed by atoms with E-state index in [1.807, 2.05) is 30.3 Å². The fourth-order valence-electron chi connectivity index (χ4n) is 4.27. The number of ether oxygens (including phenoxy) is 3. The Kier molecular flexibility index (Phi) is 12.4. The highest BCUT2D eigenvalue weighted by Crippen LogP contribution is 2.37. The van der Waals surface area contributed by atoms with Gasteiger partial charge in [-0.05, 0) is 60.0 Å². The molecule has 0 atom stereocenters. The minimum Gasteiger partial charge on any atom is -0.494 e. The van der Waals surface area contributed by atoms with Crippen molar-refractivity contribution in [2.45, 2.75) is 90.9 Å². The summed E-state index contributed by atoms with van der Waals surface area (Å²) in [6, 6.07) is 20.4. The highest BCUT2D eigenvalue weighted by molar-refractivity contribution is 5.87. The Bertz CT molecular complexity index is 967. The number of hydrogen-bond acceptors (Lipinski definition) is 3. The molecule has 0 aliphatic rings. The van der Waals surface area contributed by atoms with E-state index in [0.717, 1.165) is 53.2 Å². The molecule has 3 aromatic rings. The number of rotatable bonds is 18. The van der Waals surface area contributed by atoms with Crippen molar-refractivity contribution in [2.75, 3.05) is 13.2 Å². The molecule has 0 saturated heterocycles. The maximum absolute atomic E-state index is 6.24. The quantitative estimate of drug-likeness (QED) is 0.171. The van der Waals surface area contributed by atoms with E-state index in [4.69, 9.17) is 14.2 Å². The summed E-state index contributed by atoms with van der Waals surface area (Å²) in [5.41, 5.74) is 0. The molecule has 0 aliphatic heterocycles. The summed E-state index contributed by atoms with van der Waals surface area (Å²) in [6.07, 6.45) is 15.1. The molecule has 0 heterocycles. The smallest absolute Gasteiger partial charge is 0.169 e. The van der Waals surface area contributed by atoms with Crippen molar-refractivity contribution in [1.82, 2.24) is 0 Å². The van der Waals surface area contributed by atoms with Gasteiger partial charge in [0.25, 0.3) is 0 Å². The van der Waals surface area contributed by atoms with Gasteiger partial charge in [-0.25, -0.2) is 0 Å². The van der Waals surface area contributed by atoms with Gasteiger partial charge in [-0.2, -0.15) is 0 Å². The minimum atomic E-state index is 0.705. The summed E-state index contributed by atoms with van der Waals surface area (Å²) in [6.45, 7) is 5.98. The molecule has 0 amide bonds. The first-order chi connectivity index (χ1) is 17.3. The summed E-state index contributed by atoms with van der Waals surface area (Å²) in [5, 5.41) is 2.23. The van der Waals surface area contributed by atoms with Crippen LogP contribution < -0.4 is 14.2 Å². The standard InChI is InChI=1S/C32H44O3/c1-3-5-7-9-11-16-22-33-30-21-20-27-25-32(35-29-18-14-13-15-19-29)31(26-28(27)24-30)34-23-17-12-10-8-6-4-2/h13-15,18-21,24-26H,3-12,16-17,22-23H2,1-2H3. The Morgan fingerprint density at radius 1 is 0.486 bits per heavy atom. The van der Waals surface area contributed by atoms with Crippen molar-refractivity contribution in [3.05, 3.63) is 60.7 Å². The van der Waals surface area contributed by atoms with Crippen LogP contribution in [-0.4, -0.2) is 13.2 Å². The highest BCUT2D eigenvalue weighted by atomic mass is 16.5. The number of fused-ring (bicyclic) bond motifs is 1. The summed E-state index contributed by atoms with van der Waals surface area (Å²) >= 11 is 0. The Labute approximate surface area is 212 Å².